The van der Waals surface area contributed by atoms with Gasteiger partial charge in [0.05, 0.1) is 6.42 Å². The number of nitrogens with zero attached hydrogens (tertiary/aromatic N) is 3. The number of aryl methyl sites for hydroxylation is 1. The Morgan fingerprint density at radius 2 is 2.39 bits per heavy atom. The van der Waals surface area contributed by atoms with Crippen LogP contribution < -0.4 is 0 Å². The molecule has 0 aromatic carbocycles. The number of imidazole rings is 1. The number of rotatable bonds is 4. The Morgan fingerprint density at radius 3 is 2.94 bits per heavy atom. The lowest BCUT2D eigenvalue weighted by molar-refractivity contribution is -0.138. The molecular formula is C13H21N3O2. The van der Waals surface area contributed by atoms with E-state index in [1.807, 2.05) is 17.8 Å². The zero-order valence-corrected chi connectivity index (χ0v) is 11.0. The maximum atomic E-state index is 11.1. The number of piperidine rings is 1. The number of likely N-dealkylation sites (tertiary alicyclic amines) is 1. The van der Waals surface area contributed by atoms with Crippen molar-refractivity contribution in [2.24, 2.45) is 13.0 Å². The van der Waals surface area contributed by atoms with Gasteiger partial charge in [0.15, 0.2) is 0 Å². The number of aromatic nitrogens is 2. The molecule has 1 saturated heterocycles. The third-order valence-electron chi connectivity index (χ3n) is 3.81. The molecule has 1 aliphatic rings. The van der Waals surface area contributed by atoms with Gasteiger partial charge < -0.3 is 14.6 Å². The lowest BCUT2D eigenvalue weighted by Crippen LogP contribution is -2.36. The maximum Gasteiger partial charge on any atom is 0.304 e. The van der Waals surface area contributed by atoms with E-state index in [1.165, 1.54) is 0 Å². The highest BCUT2D eigenvalue weighted by atomic mass is 16.4. The summed E-state index contributed by atoms with van der Waals surface area (Å²) in [6.07, 6.45) is 6.04. The van der Waals surface area contributed by atoms with Crippen molar-refractivity contribution in [3.05, 3.63) is 18.2 Å². The molecule has 1 aromatic rings. The Kier molecular flexibility index (Phi) is 4.01. The van der Waals surface area contributed by atoms with E-state index >= 15 is 0 Å². The van der Waals surface area contributed by atoms with Crippen LogP contribution in [0.25, 0.3) is 0 Å². The van der Waals surface area contributed by atoms with Crippen LogP contribution in [0.15, 0.2) is 12.4 Å². The number of carboxylic acids is 1. The van der Waals surface area contributed by atoms with Crippen molar-refractivity contribution in [3.63, 3.8) is 0 Å². The summed E-state index contributed by atoms with van der Waals surface area (Å²) in [7, 11) is 4.03. The smallest absolute Gasteiger partial charge is 0.304 e. The normalized spacial score (nSPS) is 22.9. The standard InChI is InChI=1S/C13H21N3O2/c1-15-6-3-4-10(9-15)11(8-12(17)18)13-14-5-7-16(13)2/h5,7,10-11H,3-4,6,8-9H2,1-2H3,(H,17,18). The van der Waals surface area contributed by atoms with Gasteiger partial charge in [-0.2, -0.15) is 0 Å². The molecule has 2 rings (SSSR count). The highest BCUT2D eigenvalue weighted by Crippen LogP contribution is 2.32. The minimum Gasteiger partial charge on any atom is -0.481 e. The first-order valence-corrected chi connectivity index (χ1v) is 6.45. The molecular weight excluding hydrogens is 230 g/mol. The van der Waals surface area contributed by atoms with Gasteiger partial charge in [-0.3, -0.25) is 4.79 Å². The fraction of sp³-hybridized carbons (Fsp3) is 0.692. The first kappa shape index (κ1) is 13.1. The molecule has 0 aliphatic carbocycles. The molecule has 100 valence electrons. The molecule has 2 heterocycles. The van der Waals surface area contributed by atoms with Crippen LogP contribution in [0.3, 0.4) is 0 Å². The van der Waals surface area contributed by atoms with Crippen LogP contribution in [0.5, 0.6) is 0 Å². The van der Waals surface area contributed by atoms with Crippen molar-refractivity contribution in [1.82, 2.24) is 14.5 Å². The zero-order chi connectivity index (χ0) is 13.1. The van der Waals surface area contributed by atoms with Gasteiger partial charge in [-0.05, 0) is 32.4 Å². The molecule has 5 heteroatoms. The third kappa shape index (κ3) is 2.90. The van der Waals surface area contributed by atoms with Crippen LogP contribution in [0, 0.1) is 5.92 Å². The summed E-state index contributed by atoms with van der Waals surface area (Å²) in [4.78, 5) is 17.7. The molecule has 0 saturated carbocycles. The third-order valence-corrected chi connectivity index (χ3v) is 3.81. The van der Waals surface area contributed by atoms with Gasteiger partial charge in [0.1, 0.15) is 5.82 Å². The SMILES string of the molecule is CN1CCCC(C(CC(=O)O)c2nccn2C)C1. The van der Waals surface area contributed by atoms with Crippen LogP contribution in [0.1, 0.15) is 31.0 Å². The highest BCUT2D eigenvalue weighted by Gasteiger charge is 2.31. The van der Waals surface area contributed by atoms with E-state index in [-0.39, 0.29) is 12.3 Å². The van der Waals surface area contributed by atoms with Crippen LogP contribution >= 0.6 is 0 Å². The average Bonchev–Trinajstić information content (AvgIpc) is 2.72. The van der Waals surface area contributed by atoms with Crippen molar-refractivity contribution < 1.29 is 9.90 Å². The van der Waals surface area contributed by atoms with Crippen molar-refractivity contribution in [2.75, 3.05) is 20.1 Å². The lowest BCUT2D eigenvalue weighted by atomic mass is 9.83. The number of aliphatic carboxylic acids is 1. The number of hydrogen-bond donors (Lipinski definition) is 1. The van der Waals surface area contributed by atoms with Crippen LogP contribution in [-0.4, -0.2) is 45.7 Å². The average molecular weight is 251 g/mol. The predicted octanol–water partition coefficient (Wildman–Crippen LogP) is 1.32. The molecule has 1 aliphatic heterocycles. The summed E-state index contributed by atoms with van der Waals surface area (Å²) in [5.74, 6) is 0.570. The van der Waals surface area contributed by atoms with Gasteiger partial charge in [0.2, 0.25) is 0 Å². The fourth-order valence-electron chi connectivity index (χ4n) is 2.93. The van der Waals surface area contributed by atoms with Crippen LogP contribution in [0.2, 0.25) is 0 Å². The van der Waals surface area contributed by atoms with Gasteiger partial charge in [0, 0.05) is 31.9 Å². The van der Waals surface area contributed by atoms with E-state index in [0.29, 0.717) is 5.92 Å². The first-order valence-electron chi connectivity index (χ1n) is 6.45. The van der Waals surface area contributed by atoms with E-state index in [2.05, 4.69) is 16.9 Å². The molecule has 2 atom stereocenters. The van der Waals surface area contributed by atoms with Gasteiger partial charge in [0.25, 0.3) is 0 Å². The quantitative estimate of drug-likeness (QED) is 0.877. The summed E-state index contributed by atoms with van der Waals surface area (Å²) in [5.41, 5.74) is 0. The summed E-state index contributed by atoms with van der Waals surface area (Å²) in [6, 6.07) is 0. The van der Waals surface area contributed by atoms with Gasteiger partial charge in [-0.1, -0.05) is 0 Å². The molecule has 1 N–H and O–H groups in total. The summed E-state index contributed by atoms with van der Waals surface area (Å²) in [6.45, 7) is 2.07. The maximum absolute atomic E-state index is 11.1. The summed E-state index contributed by atoms with van der Waals surface area (Å²) >= 11 is 0. The summed E-state index contributed by atoms with van der Waals surface area (Å²) in [5, 5.41) is 9.12. The van der Waals surface area contributed by atoms with E-state index in [9.17, 15) is 4.79 Å². The highest BCUT2D eigenvalue weighted by molar-refractivity contribution is 5.67. The number of carboxylic acid groups (broad SMARTS) is 1. The molecule has 0 radical (unpaired) electrons. The van der Waals surface area contributed by atoms with Gasteiger partial charge in [-0.15, -0.1) is 0 Å². The van der Waals surface area contributed by atoms with Crippen LogP contribution in [0.4, 0.5) is 0 Å². The van der Waals surface area contributed by atoms with Crippen molar-refractivity contribution in [3.8, 4) is 0 Å². The van der Waals surface area contributed by atoms with E-state index in [1.54, 1.807) is 6.20 Å². The van der Waals surface area contributed by atoms with Crippen LogP contribution in [-0.2, 0) is 11.8 Å². The lowest BCUT2D eigenvalue weighted by Gasteiger charge is -2.34. The van der Waals surface area contributed by atoms with Gasteiger partial charge in [-0.25, -0.2) is 4.98 Å². The predicted molar refractivity (Wildman–Crippen MR) is 68.4 cm³/mol. The monoisotopic (exact) mass is 251 g/mol. The molecule has 2 unspecified atom stereocenters. The van der Waals surface area contributed by atoms with E-state index in [4.69, 9.17) is 5.11 Å². The van der Waals surface area contributed by atoms with Crippen molar-refractivity contribution in [1.29, 1.82) is 0 Å². The fourth-order valence-corrected chi connectivity index (χ4v) is 2.93. The molecule has 1 aromatic heterocycles. The number of carbonyl (C=O) groups is 1. The molecule has 1 fully saturated rings. The molecule has 0 bridgehead atoms. The molecule has 0 spiro atoms. The minimum absolute atomic E-state index is 0.0187. The molecule has 18 heavy (non-hydrogen) atoms. The van der Waals surface area contributed by atoms with E-state index < -0.39 is 5.97 Å². The van der Waals surface area contributed by atoms with E-state index in [0.717, 1.165) is 31.8 Å². The Hall–Kier alpha value is -1.36. The minimum atomic E-state index is -0.740. The number of hydrogen-bond acceptors (Lipinski definition) is 3. The Bertz CT molecular complexity index is 416. The topological polar surface area (TPSA) is 58.4 Å². The van der Waals surface area contributed by atoms with Crippen molar-refractivity contribution in [2.45, 2.75) is 25.2 Å². The Morgan fingerprint density at radius 1 is 1.61 bits per heavy atom. The zero-order valence-electron chi connectivity index (χ0n) is 11.0. The van der Waals surface area contributed by atoms with Gasteiger partial charge >= 0.3 is 5.97 Å². The Labute approximate surface area is 107 Å². The molecule has 0 amide bonds. The second kappa shape index (κ2) is 5.52. The van der Waals surface area contributed by atoms with Crippen molar-refractivity contribution >= 4 is 5.97 Å². The second-order valence-corrected chi connectivity index (χ2v) is 5.27. The second-order valence-electron chi connectivity index (χ2n) is 5.27. The molecule has 5 nitrogen and oxygen atoms in total. The largest absolute Gasteiger partial charge is 0.481 e. The first-order chi connectivity index (χ1) is 8.58. The Balaban J connectivity index is 2.19. The summed E-state index contributed by atoms with van der Waals surface area (Å²) < 4.78 is 1.95.